The van der Waals surface area contributed by atoms with Crippen LogP contribution in [0.15, 0.2) is 6.07 Å². The average molecular weight is 347 g/mol. The Morgan fingerprint density at radius 2 is 2.12 bits per heavy atom. The molecule has 1 aromatic rings. The van der Waals surface area contributed by atoms with E-state index in [9.17, 15) is 18.0 Å². The van der Waals surface area contributed by atoms with E-state index in [2.05, 4.69) is 14.5 Å². The fourth-order valence-corrected chi connectivity index (χ4v) is 1.49. The Bertz CT molecular complexity index is 408. The second kappa shape index (κ2) is 4.85. The van der Waals surface area contributed by atoms with Crippen LogP contribution in [-0.2, 0) is 0 Å². The lowest BCUT2D eigenvalue weighted by atomic mass is 10.3. The van der Waals surface area contributed by atoms with Gasteiger partial charge in [0.15, 0.2) is 23.5 Å². The number of aldehydes is 1. The van der Waals surface area contributed by atoms with Gasteiger partial charge in [0.1, 0.15) is 3.70 Å². The van der Waals surface area contributed by atoms with Crippen LogP contribution in [0, 0.1) is 3.70 Å². The summed E-state index contributed by atoms with van der Waals surface area (Å²) >= 11 is 1.74. The van der Waals surface area contributed by atoms with Gasteiger partial charge >= 0.3 is 6.36 Å². The van der Waals surface area contributed by atoms with E-state index in [1.165, 1.54) is 13.2 Å². The van der Waals surface area contributed by atoms with Gasteiger partial charge in [-0.2, -0.15) is 0 Å². The fraction of sp³-hybridized carbons (Fsp3) is 0.250. The zero-order valence-corrected chi connectivity index (χ0v) is 10.00. The number of ether oxygens (including phenoxy) is 2. The van der Waals surface area contributed by atoms with E-state index in [-0.39, 0.29) is 12.0 Å². The Morgan fingerprint density at radius 1 is 1.50 bits per heavy atom. The van der Waals surface area contributed by atoms with E-state index in [0.717, 1.165) is 0 Å². The molecule has 0 bridgehead atoms. The molecule has 0 atom stereocenters. The zero-order chi connectivity index (χ0) is 12.3. The van der Waals surface area contributed by atoms with Crippen LogP contribution in [0.5, 0.6) is 11.5 Å². The van der Waals surface area contributed by atoms with Gasteiger partial charge in [0.2, 0.25) is 0 Å². The van der Waals surface area contributed by atoms with Crippen molar-refractivity contribution in [2.75, 3.05) is 7.11 Å². The summed E-state index contributed by atoms with van der Waals surface area (Å²) in [6.45, 7) is 0. The molecule has 0 unspecified atom stereocenters. The van der Waals surface area contributed by atoms with E-state index >= 15 is 0 Å². The van der Waals surface area contributed by atoms with Crippen molar-refractivity contribution < 1.29 is 27.4 Å². The summed E-state index contributed by atoms with van der Waals surface area (Å²) in [5.74, 6) is -0.927. The van der Waals surface area contributed by atoms with Crippen molar-refractivity contribution in [2.45, 2.75) is 6.36 Å². The first-order valence-electron chi connectivity index (χ1n) is 3.83. The van der Waals surface area contributed by atoms with Gasteiger partial charge in [-0.3, -0.25) is 4.79 Å². The summed E-state index contributed by atoms with van der Waals surface area (Å²) < 4.78 is 44.8. The van der Waals surface area contributed by atoms with Crippen LogP contribution in [0.1, 0.15) is 10.5 Å². The summed E-state index contributed by atoms with van der Waals surface area (Å²) in [5.41, 5.74) is -0.457. The van der Waals surface area contributed by atoms with Crippen LogP contribution < -0.4 is 9.47 Å². The lowest BCUT2D eigenvalue weighted by Crippen LogP contribution is -2.19. The second-order valence-corrected chi connectivity index (χ2v) is 3.63. The molecule has 1 rings (SSSR count). The number of carbonyl (C=O) groups is 1. The van der Waals surface area contributed by atoms with Crippen LogP contribution in [-0.4, -0.2) is 24.7 Å². The van der Waals surface area contributed by atoms with Crippen LogP contribution in [0.25, 0.3) is 0 Å². The van der Waals surface area contributed by atoms with Crippen molar-refractivity contribution in [3.05, 3.63) is 15.5 Å². The van der Waals surface area contributed by atoms with E-state index in [1.54, 1.807) is 22.6 Å². The summed E-state index contributed by atoms with van der Waals surface area (Å²) in [5, 5.41) is 0. The zero-order valence-electron chi connectivity index (χ0n) is 7.84. The van der Waals surface area contributed by atoms with Gasteiger partial charge in [0.25, 0.3) is 0 Å². The Morgan fingerprint density at radius 3 is 2.56 bits per heavy atom. The van der Waals surface area contributed by atoms with Gasteiger partial charge in [-0.1, -0.05) is 0 Å². The molecule has 0 fully saturated rings. The fourth-order valence-electron chi connectivity index (χ4n) is 0.948. The molecule has 16 heavy (non-hydrogen) atoms. The van der Waals surface area contributed by atoms with Gasteiger partial charge in [0, 0.05) is 6.07 Å². The molecule has 88 valence electrons. The second-order valence-electron chi connectivity index (χ2n) is 2.53. The van der Waals surface area contributed by atoms with Crippen LogP contribution in [0.4, 0.5) is 13.2 Å². The predicted molar refractivity (Wildman–Crippen MR) is 55.6 cm³/mol. The van der Waals surface area contributed by atoms with E-state index in [4.69, 9.17) is 0 Å². The lowest BCUT2D eigenvalue weighted by Gasteiger charge is -2.13. The molecule has 0 saturated heterocycles. The maximum absolute atomic E-state index is 12.1. The number of aromatic nitrogens is 1. The van der Waals surface area contributed by atoms with Crippen molar-refractivity contribution in [3.63, 3.8) is 0 Å². The number of halogens is 4. The van der Waals surface area contributed by atoms with Gasteiger partial charge in [-0.15, -0.1) is 13.2 Å². The number of alkyl halides is 3. The minimum Gasteiger partial charge on any atom is -0.493 e. The number of carbonyl (C=O) groups excluding carboxylic acids is 1. The summed E-state index contributed by atoms with van der Waals surface area (Å²) in [7, 11) is 1.17. The highest BCUT2D eigenvalue weighted by molar-refractivity contribution is 14.1. The number of nitrogens with zero attached hydrogens (tertiary/aromatic N) is 1. The number of methoxy groups -OCH3 is 1. The number of hydrogen-bond acceptors (Lipinski definition) is 4. The van der Waals surface area contributed by atoms with Crippen LogP contribution in [0.3, 0.4) is 0 Å². The predicted octanol–water partition coefficient (Wildman–Crippen LogP) is 2.41. The first-order valence-corrected chi connectivity index (χ1v) is 4.90. The molecule has 4 nitrogen and oxygen atoms in total. The third-order valence-corrected chi connectivity index (χ3v) is 2.04. The Hall–Kier alpha value is -1.06. The third kappa shape index (κ3) is 3.22. The van der Waals surface area contributed by atoms with Crippen molar-refractivity contribution in [1.29, 1.82) is 0 Å². The maximum atomic E-state index is 12.1. The molecule has 0 spiro atoms. The van der Waals surface area contributed by atoms with Gasteiger partial charge < -0.3 is 9.47 Å². The lowest BCUT2D eigenvalue weighted by molar-refractivity contribution is -0.275. The highest BCUT2D eigenvalue weighted by Gasteiger charge is 2.34. The Labute approximate surface area is 102 Å². The minimum atomic E-state index is -4.90. The summed E-state index contributed by atoms with van der Waals surface area (Å²) in [6, 6.07) is 1.23. The standard InChI is InChI=1S/C8H5F3INO3/c1-15-5-2-6(12)13-4(3-14)7(5)16-8(9,10)11/h2-3H,1H3. The molecule has 0 N–H and O–H groups in total. The quantitative estimate of drug-likeness (QED) is 0.479. The van der Waals surface area contributed by atoms with Crippen LogP contribution in [0.2, 0.25) is 0 Å². The molecule has 0 aliphatic carbocycles. The van der Waals surface area contributed by atoms with Gasteiger partial charge in [-0.25, -0.2) is 4.98 Å². The third-order valence-electron chi connectivity index (χ3n) is 1.48. The smallest absolute Gasteiger partial charge is 0.493 e. The first-order chi connectivity index (χ1) is 7.37. The highest BCUT2D eigenvalue weighted by atomic mass is 127. The van der Waals surface area contributed by atoms with Crippen molar-refractivity contribution in [3.8, 4) is 11.5 Å². The molecular formula is C8H5F3INO3. The largest absolute Gasteiger partial charge is 0.573 e. The summed E-state index contributed by atoms with van der Waals surface area (Å²) in [6.07, 6.45) is -4.73. The molecule has 0 amide bonds. The van der Waals surface area contributed by atoms with Crippen LogP contribution >= 0.6 is 22.6 Å². The minimum absolute atomic E-state index is 0.172. The maximum Gasteiger partial charge on any atom is 0.573 e. The van der Waals surface area contributed by atoms with Gasteiger partial charge in [0.05, 0.1) is 7.11 Å². The topological polar surface area (TPSA) is 48.4 Å². The molecule has 0 aromatic carbocycles. The molecule has 0 aliphatic rings. The number of rotatable bonds is 3. The average Bonchev–Trinajstić information content (AvgIpc) is 2.18. The SMILES string of the molecule is COc1cc(I)nc(C=O)c1OC(F)(F)F. The van der Waals surface area contributed by atoms with Crippen molar-refractivity contribution in [1.82, 2.24) is 4.98 Å². The molecule has 0 saturated carbocycles. The molecule has 8 heteroatoms. The normalized spacial score (nSPS) is 11.1. The first kappa shape index (κ1) is 13.0. The molecular weight excluding hydrogens is 342 g/mol. The number of hydrogen-bond donors (Lipinski definition) is 0. The monoisotopic (exact) mass is 347 g/mol. The Balaban J connectivity index is 3.27. The van der Waals surface area contributed by atoms with E-state index < -0.39 is 17.8 Å². The number of pyridine rings is 1. The van der Waals surface area contributed by atoms with Gasteiger partial charge in [-0.05, 0) is 22.6 Å². The molecule has 0 aliphatic heterocycles. The van der Waals surface area contributed by atoms with E-state index in [0.29, 0.717) is 3.70 Å². The Kier molecular flexibility index (Phi) is 3.94. The molecule has 0 radical (unpaired) electrons. The summed E-state index contributed by atoms with van der Waals surface area (Å²) in [4.78, 5) is 14.2. The van der Waals surface area contributed by atoms with Crippen molar-refractivity contribution >= 4 is 28.9 Å². The van der Waals surface area contributed by atoms with Crippen molar-refractivity contribution in [2.24, 2.45) is 0 Å². The molecule has 1 aromatic heterocycles. The highest BCUT2D eigenvalue weighted by Crippen LogP contribution is 2.34. The van der Waals surface area contributed by atoms with E-state index in [1.807, 2.05) is 0 Å². The molecule has 1 heterocycles.